The highest BCUT2D eigenvalue weighted by molar-refractivity contribution is 5.92. The van der Waals surface area contributed by atoms with Gasteiger partial charge in [-0.25, -0.2) is 0 Å². The number of aliphatic carboxylic acids is 1. The molecule has 0 aliphatic heterocycles. The molecule has 0 atom stereocenters. The largest absolute Gasteiger partial charge is 0.480 e. The van der Waals surface area contributed by atoms with Gasteiger partial charge in [-0.2, -0.15) is 0 Å². The molecule has 214 valence electrons. The molecule has 0 radical (unpaired) electrons. The molecule has 0 aliphatic rings. The molecule has 16 heteroatoms. The van der Waals surface area contributed by atoms with Crippen LogP contribution in [-0.2, 0) is 38.4 Å². The van der Waals surface area contributed by atoms with Gasteiger partial charge in [0, 0.05) is 49.3 Å². The van der Waals surface area contributed by atoms with Crippen molar-refractivity contribution in [1.29, 1.82) is 0 Å². The van der Waals surface area contributed by atoms with E-state index in [1.54, 1.807) is 0 Å². The fourth-order valence-corrected chi connectivity index (χ4v) is 2.72. The molecular weight excluding hydrogens is 506 g/mol. The molecular formula is C22H37N7O9. The molecule has 0 aromatic rings. The Morgan fingerprint density at radius 3 is 0.868 bits per heavy atom. The second-order valence-corrected chi connectivity index (χ2v) is 8.91. The van der Waals surface area contributed by atoms with E-state index in [2.05, 4.69) is 0 Å². The Morgan fingerprint density at radius 1 is 0.447 bits per heavy atom. The van der Waals surface area contributed by atoms with Crippen LogP contribution in [0.1, 0.15) is 0 Å². The van der Waals surface area contributed by atoms with Gasteiger partial charge in [0.05, 0.1) is 39.3 Å². The number of nitrogens with zero attached hydrogens (tertiary/aromatic N) is 7. The van der Waals surface area contributed by atoms with Crippen molar-refractivity contribution < 1.29 is 43.5 Å². The molecule has 0 unspecified atom stereocenters. The zero-order valence-corrected chi connectivity index (χ0v) is 22.9. The molecule has 0 aromatic carbocycles. The Kier molecular flexibility index (Phi) is 14.0. The van der Waals surface area contributed by atoms with Crippen LogP contribution >= 0.6 is 0 Å². The van der Waals surface area contributed by atoms with Crippen LogP contribution in [0.3, 0.4) is 0 Å². The Bertz CT molecular complexity index is 927. The summed E-state index contributed by atoms with van der Waals surface area (Å²) in [5.74, 6) is -4.49. The van der Waals surface area contributed by atoms with Crippen LogP contribution in [0.5, 0.6) is 0 Å². The fraction of sp³-hybridized carbons (Fsp3) is 0.636. The highest BCUT2D eigenvalue weighted by Crippen LogP contribution is 1.98. The van der Waals surface area contributed by atoms with Crippen molar-refractivity contribution in [3.63, 3.8) is 0 Å². The van der Waals surface area contributed by atoms with Crippen LogP contribution < -0.4 is 0 Å². The topological polar surface area (TPSA) is 179 Å². The second kappa shape index (κ2) is 15.8. The summed E-state index contributed by atoms with van der Waals surface area (Å²) in [6, 6.07) is 0. The molecule has 7 amide bonds. The number of amides is 7. The van der Waals surface area contributed by atoms with Crippen molar-refractivity contribution in [1.82, 2.24) is 34.3 Å². The van der Waals surface area contributed by atoms with Gasteiger partial charge < -0.3 is 39.4 Å². The van der Waals surface area contributed by atoms with E-state index in [0.717, 1.165) is 34.3 Å². The molecule has 0 fully saturated rings. The van der Waals surface area contributed by atoms with Crippen LogP contribution in [0.2, 0.25) is 0 Å². The summed E-state index contributed by atoms with van der Waals surface area (Å²) in [7, 11) is 9.48. The third-order valence-electron chi connectivity index (χ3n) is 5.35. The Balaban J connectivity index is 4.72. The van der Waals surface area contributed by atoms with Crippen LogP contribution in [0.4, 0.5) is 0 Å². The average molecular weight is 544 g/mol. The van der Waals surface area contributed by atoms with Gasteiger partial charge in [-0.15, -0.1) is 0 Å². The first-order chi connectivity index (χ1) is 17.5. The van der Waals surface area contributed by atoms with Crippen LogP contribution in [-0.4, -0.2) is 182 Å². The molecule has 0 rings (SSSR count). The van der Waals surface area contributed by atoms with Gasteiger partial charge in [0.1, 0.15) is 6.54 Å². The van der Waals surface area contributed by atoms with E-state index in [1.807, 2.05) is 0 Å². The van der Waals surface area contributed by atoms with Crippen molar-refractivity contribution in [2.75, 3.05) is 95.1 Å². The molecule has 16 nitrogen and oxygen atoms in total. The predicted molar refractivity (Wildman–Crippen MR) is 132 cm³/mol. The molecule has 0 saturated heterocycles. The summed E-state index contributed by atoms with van der Waals surface area (Å²) in [6.45, 7) is -2.55. The maximum atomic E-state index is 12.5. The van der Waals surface area contributed by atoms with E-state index in [1.165, 1.54) is 49.3 Å². The minimum absolute atomic E-state index is 0.204. The normalized spacial score (nSPS) is 10.1. The summed E-state index contributed by atoms with van der Waals surface area (Å²) < 4.78 is 0. The van der Waals surface area contributed by atoms with Gasteiger partial charge in [0.2, 0.25) is 41.9 Å². The van der Waals surface area contributed by atoms with Gasteiger partial charge in [0.25, 0.3) is 0 Å². The van der Waals surface area contributed by atoms with E-state index >= 15 is 0 Å². The smallest absolute Gasteiger partial charge is 0.323 e. The lowest BCUT2D eigenvalue weighted by Gasteiger charge is -2.26. The van der Waals surface area contributed by atoms with Crippen molar-refractivity contribution in [2.24, 2.45) is 0 Å². The zero-order chi connectivity index (χ0) is 29.7. The number of rotatable bonds is 15. The van der Waals surface area contributed by atoms with E-state index in [9.17, 15) is 38.4 Å². The standard InChI is InChI=1S/C22H37N7O9/c1-23(15-30)8-16(31)24(2)9-17(32)25(3)10-18(33)26(4)11-19(34)27(5)12-20(35)28(6)13-21(36)29(7)14-22(37)38/h15H,8-14H2,1-7H3,(H,37,38). The minimum Gasteiger partial charge on any atom is -0.480 e. The Morgan fingerprint density at radius 2 is 0.658 bits per heavy atom. The summed E-state index contributed by atoms with van der Waals surface area (Å²) in [6.07, 6.45) is 0.478. The number of likely N-dealkylation sites (N-methyl/N-ethyl adjacent to an activating group) is 7. The van der Waals surface area contributed by atoms with Gasteiger partial charge in [-0.1, -0.05) is 0 Å². The van der Waals surface area contributed by atoms with E-state index in [0.29, 0.717) is 6.41 Å². The molecule has 0 aromatic heterocycles. The van der Waals surface area contributed by atoms with Crippen molar-refractivity contribution >= 4 is 47.8 Å². The van der Waals surface area contributed by atoms with Gasteiger partial charge in [-0.05, 0) is 0 Å². The fourth-order valence-electron chi connectivity index (χ4n) is 2.72. The maximum Gasteiger partial charge on any atom is 0.323 e. The summed E-state index contributed by atoms with van der Waals surface area (Å²) in [4.78, 5) is 103. The Labute approximate surface area is 221 Å². The maximum absolute atomic E-state index is 12.5. The highest BCUT2D eigenvalue weighted by atomic mass is 16.4. The Hall–Kier alpha value is -4.24. The molecule has 0 spiro atoms. The molecule has 1 N–H and O–H groups in total. The second-order valence-electron chi connectivity index (χ2n) is 8.91. The lowest BCUT2D eigenvalue weighted by atomic mass is 10.3. The van der Waals surface area contributed by atoms with Crippen LogP contribution in [0.15, 0.2) is 0 Å². The van der Waals surface area contributed by atoms with Crippen LogP contribution in [0, 0.1) is 0 Å². The van der Waals surface area contributed by atoms with Crippen LogP contribution in [0.25, 0.3) is 0 Å². The SMILES string of the molecule is CN(C=O)CC(=O)N(C)CC(=O)N(C)CC(=O)N(C)CC(=O)N(C)CC(=O)N(C)CC(=O)N(C)CC(=O)O. The summed E-state index contributed by atoms with van der Waals surface area (Å²) in [5, 5.41) is 8.74. The third-order valence-corrected chi connectivity index (χ3v) is 5.35. The van der Waals surface area contributed by atoms with Gasteiger partial charge >= 0.3 is 5.97 Å². The quantitative estimate of drug-likeness (QED) is 0.201. The number of hydrogen-bond donors (Lipinski definition) is 1. The van der Waals surface area contributed by atoms with Crippen molar-refractivity contribution in [2.45, 2.75) is 0 Å². The number of carbonyl (C=O) groups excluding carboxylic acids is 7. The molecule has 0 bridgehead atoms. The monoisotopic (exact) mass is 543 g/mol. The first-order valence-corrected chi connectivity index (χ1v) is 11.3. The first-order valence-electron chi connectivity index (χ1n) is 11.3. The minimum atomic E-state index is -1.20. The molecule has 38 heavy (non-hydrogen) atoms. The predicted octanol–water partition coefficient (Wildman–Crippen LogP) is -4.09. The number of carbonyl (C=O) groups is 8. The first kappa shape index (κ1) is 33.8. The summed E-state index contributed by atoms with van der Waals surface area (Å²) >= 11 is 0. The summed E-state index contributed by atoms with van der Waals surface area (Å²) in [5.41, 5.74) is 0. The zero-order valence-electron chi connectivity index (χ0n) is 22.9. The average Bonchev–Trinajstić information content (AvgIpc) is 2.82. The van der Waals surface area contributed by atoms with Crippen molar-refractivity contribution in [3.8, 4) is 0 Å². The number of carboxylic acids is 1. The van der Waals surface area contributed by atoms with Gasteiger partial charge in [0.15, 0.2) is 0 Å². The molecule has 0 heterocycles. The van der Waals surface area contributed by atoms with E-state index < -0.39 is 48.0 Å². The lowest BCUT2D eigenvalue weighted by molar-refractivity contribution is -0.146. The number of hydrogen-bond acceptors (Lipinski definition) is 8. The molecule has 0 aliphatic carbocycles. The lowest BCUT2D eigenvalue weighted by Crippen LogP contribution is -2.48. The van der Waals surface area contributed by atoms with E-state index in [-0.39, 0.29) is 39.3 Å². The molecule has 0 saturated carbocycles. The highest BCUT2D eigenvalue weighted by Gasteiger charge is 2.24. The van der Waals surface area contributed by atoms with Crippen molar-refractivity contribution in [3.05, 3.63) is 0 Å². The van der Waals surface area contributed by atoms with Gasteiger partial charge in [-0.3, -0.25) is 38.4 Å². The third kappa shape index (κ3) is 12.1. The number of carboxylic acid groups (broad SMARTS) is 1. The van der Waals surface area contributed by atoms with E-state index in [4.69, 9.17) is 5.11 Å².